The van der Waals surface area contributed by atoms with Crippen molar-refractivity contribution in [3.05, 3.63) is 74.8 Å². The lowest BCUT2D eigenvalue weighted by molar-refractivity contribution is -0.00000579. The largest absolute Gasteiger partial charge is 1.00 e. The molecule has 4 aromatic rings. The van der Waals surface area contributed by atoms with Crippen LogP contribution in [0, 0.1) is 5.82 Å². The number of rotatable bonds is 2. The second-order valence-electron chi connectivity index (χ2n) is 7.06. The minimum atomic E-state index is -0.491. The topological polar surface area (TPSA) is 12.9 Å². The summed E-state index contributed by atoms with van der Waals surface area (Å²) in [5.41, 5.74) is 4.93. The summed E-state index contributed by atoms with van der Waals surface area (Å²) in [5.74, 6) is -0.491. The van der Waals surface area contributed by atoms with Crippen molar-refractivity contribution < 1.29 is 16.8 Å². The van der Waals surface area contributed by atoms with Gasteiger partial charge in [-0.3, -0.25) is 0 Å². The molecule has 6 heteroatoms. The number of thiophene rings is 1. The molecule has 1 nitrogen and oxygen atoms in total. The fraction of sp³-hybridized carbons (Fsp3) is 0.174. The zero-order valence-electron chi connectivity index (χ0n) is 15.3. The van der Waals surface area contributed by atoms with E-state index in [1.54, 1.807) is 11.3 Å². The van der Waals surface area contributed by atoms with Gasteiger partial charge in [0.2, 0.25) is 0 Å². The number of fused-ring (bicyclic) bond motifs is 3. The van der Waals surface area contributed by atoms with E-state index in [1.165, 1.54) is 40.8 Å². The highest BCUT2D eigenvalue weighted by molar-refractivity contribution is 7.19. The van der Waals surface area contributed by atoms with Crippen LogP contribution in [0.15, 0.2) is 48.5 Å². The number of aromatic nitrogens is 1. The number of pyridine rings is 1. The van der Waals surface area contributed by atoms with Gasteiger partial charge in [0.25, 0.3) is 0 Å². The van der Waals surface area contributed by atoms with Crippen molar-refractivity contribution in [2.24, 2.45) is 0 Å². The van der Waals surface area contributed by atoms with Gasteiger partial charge in [-0.25, -0.2) is 9.37 Å². The molecule has 0 aliphatic heterocycles. The van der Waals surface area contributed by atoms with E-state index in [1.807, 2.05) is 24.3 Å². The van der Waals surface area contributed by atoms with Crippen LogP contribution in [0.4, 0.5) is 4.39 Å². The van der Waals surface area contributed by atoms with Gasteiger partial charge in [0.15, 0.2) is 0 Å². The third-order valence-electron chi connectivity index (χ3n) is 5.30. The molecule has 0 spiro atoms. The fourth-order valence-corrected chi connectivity index (χ4v) is 5.73. The standard InChI is InChI=1S/C23H16Cl2FNS.ClH/c24-17-12-18(25)19(26)10-16(17)20-11-15(13-6-2-1-3-7-13)22-14-8-4-5-9-21(14)28-23(22)27-20;/h1-3,6-7,10-12H,4-5,8-9H2;1H/p-1. The van der Waals surface area contributed by atoms with E-state index in [9.17, 15) is 4.39 Å². The van der Waals surface area contributed by atoms with Crippen molar-refractivity contribution in [1.29, 1.82) is 0 Å². The molecule has 2 aromatic carbocycles. The van der Waals surface area contributed by atoms with Gasteiger partial charge in [0.05, 0.1) is 15.7 Å². The summed E-state index contributed by atoms with van der Waals surface area (Å²) < 4.78 is 14.2. The number of halogens is 4. The summed E-state index contributed by atoms with van der Waals surface area (Å²) in [7, 11) is 0. The Labute approximate surface area is 188 Å². The lowest BCUT2D eigenvalue weighted by Gasteiger charge is -2.14. The van der Waals surface area contributed by atoms with E-state index in [4.69, 9.17) is 28.2 Å². The van der Waals surface area contributed by atoms with E-state index in [0.29, 0.717) is 16.3 Å². The number of hydrogen-bond donors (Lipinski definition) is 0. The van der Waals surface area contributed by atoms with E-state index >= 15 is 0 Å². The van der Waals surface area contributed by atoms with Gasteiger partial charge in [-0.2, -0.15) is 0 Å². The quantitative estimate of drug-likeness (QED) is 0.383. The minimum absolute atomic E-state index is 0. The molecule has 0 saturated carbocycles. The summed E-state index contributed by atoms with van der Waals surface area (Å²) in [6.07, 6.45) is 4.63. The summed E-state index contributed by atoms with van der Waals surface area (Å²) in [6.45, 7) is 0. The van der Waals surface area contributed by atoms with Crippen LogP contribution in [0.2, 0.25) is 10.0 Å². The van der Waals surface area contributed by atoms with Crippen LogP contribution in [0.1, 0.15) is 23.3 Å². The minimum Gasteiger partial charge on any atom is -1.00 e. The summed E-state index contributed by atoms with van der Waals surface area (Å²) >= 11 is 14.0. The Hall–Kier alpha value is -1.65. The fourth-order valence-electron chi connectivity index (χ4n) is 3.96. The first-order chi connectivity index (χ1) is 13.6. The molecular formula is C23H16Cl3FNS-. The summed E-state index contributed by atoms with van der Waals surface area (Å²) in [6, 6.07) is 15.2. The lowest BCUT2D eigenvalue weighted by Crippen LogP contribution is -3.00. The van der Waals surface area contributed by atoms with Crippen molar-refractivity contribution in [3.63, 3.8) is 0 Å². The van der Waals surface area contributed by atoms with Crippen LogP contribution in [0.3, 0.4) is 0 Å². The number of benzene rings is 2. The Morgan fingerprint density at radius 3 is 2.45 bits per heavy atom. The van der Waals surface area contributed by atoms with Crippen LogP contribution < -0.4 is 12.4 Å². The molecule has 0 saturated heterocycles. The van der Waals surface area contributed by atoms with Gasteiger partial charge in [-0.15, -0.1) is 11.3 Å². The SMILES string of the molecule is Fc1cc(-c2cc(-c3ccccc3)c3c4c(sc3n2)CCCC4)c(Cl)cc1Cl.[Cl-]. The molecule has 1 aliphatic carbocycles. The van der Waals surface area contributed by atoms with Crippen molar-refractivity contribution in [2.45, 2.75) is 25.7 Å². The van der Waals surface area contributed by atoms with Gasteiger partial charge in [0.1, 0.15) is 10.6 Å². The van der Waals surface area contributed by atoms with Crippen LogP contribution in [0.25, 0.3) is 32.6 Å². The normalized spacial score (nSPS) is 13.2. The molecule has 0 bridgehead atoms. The second kappa shape index (κ2) is 8.23. The number of hydrogen-bond acceptors (Lipinski definition) is 2. The van der Waals surface area contributed by atoms with Crippen LogP contribution in [-0.4, -0.2) is 4.98 Å². The molecule has 0 fully saturated rings. The number of aryl methyl sites for hydroxylation is 2. The van der Waals surface area contributed by atoms with Gasteiger partial charge < -0.3 is 12.4 Å². The average Bonchev–Trinajstić information content (AvgIpc) is 3.09. The van der Waals surface area contributed by atoms with E-state index < -0.39 is 5.82 Å². The zero-order chi connectivity index (χ0) is 19.3. The molecule has 0 amide bonds. The van der Waals surface area contributed by atoms with Crippen LogP contribution in [-0.2, 0) is 12.8 Å². The van der Waals surface area contributed by atoms with E-state index in [0.717, 1.165) is 28.8 Å². The molecule has 5 rings (SSSR count). The Morgan fingerprint density at radius 1 is 0.897 bits per heavy atom. The van der Waals surface area contributed by atoms with Crippen molar-refractivity contribution >= 4 is 44.8 Å². The molecule has 29 heavy (non-hydrogen) atoms. The highest BCUT2D eigenvalue weighted by atomic mass is 35.5. The predicted octanol–water partition coefficient (Wildman–Crippen LogP) is 4.96. The smallest absolute Gasteiger partial charge is 0.142 e. The molecule has 0 atom stereocenters. The predicted molar refractivity (Wildman–Crippen MR) is 117 cm³/mol. The Kier molecular flexibility index (Phi) is 5.85. The Morgan fingerprint density at radius 2 is 1.66 bits per heavy atom. The molecule has 148 valence electrons. The maximum atomic E-state index is 14.2. The highest BCUT2D eigenvalue weighted by Gasteiger charge is 2.22. The van der Waals surface area contributed by atoms with E-state index in [-0.39, 0.29) is 17.4 Å². The first-order valence-electron chi connectivity index (χ1n) is 9.27. The highest BCUT2D eigenvalue weighted by Crippen LogP contribution is 2.43. The van der Waals surface area contributed by atoms with Gasteiger partial charge in [-0.05, 0) is 60.6 Å². The molecule has 0 N–H and O–H groups in total. The molecule has 0 radical (unpaired) electrons. The maximum absolute atomic E-state index is 14.2. The van der Waals surface area contributed by atoms with Gasteiger partial charge in [-0.1, -0.05) is 53.5 Å². The molecular weight excluding hydrogens is 448 g/mol. The average molecular weight is 464 g/mol. The molecule has 0 unspecified atom stereocenters. The molecule has 1 aliphatic rings. The van der Waals surface area contributed by atoms with Crippen LogP contribution in [0.5, 0.6) is 0 Å². The van der Waals surface area contributed by atoms with Crippen molar-refractivity contribution in [3.8, 4) is 22.4 Å². The maximum Gasteiger partial charge on any atom is 0.142 e. The molecule has 2 heterocycles. The third kappa shape index (κ3) is 3.66. The first kappa shape index (κ1) is 20.6. The molecule has 2 aromatic heterocycles. The van der Waals surface area contributed by atoms with Crippen LogP contribution >= 0.6 is 34.5 Å². The Balaban J connectivity index is 0.00000205. The number of nitrogens with zero attached hydrogens (tertiary/aromatic N) is 1. The van der Waals surface area contributed by atoms with Gasteiger partial charge in [0, 0.05) is 15.8 Å². The van der Waals surface area contributed by atoms with Crippen molar-refractivity contribution in [2.75, 3.05) is 0 Å². The second-order valence-corrected chi connectivity index (χ2v) is 8.96. The summed E-state index contributed by atoms with van der Waals surface area (Å²) in [4.78, 5) is 7.31. The Bertz CT molecular complexity index is 1200. The van der Waals surface area contributed by atoms with E-state index in [2.05, 4.69) is 12.1 Å². The first-order valence-corrected chi connectivity index (χ1v) is 10.8. The monoisotopic (exact) mass is 462 g/mol. The third-order valence-corrected chi connectivity index (χ3v) is 7.08. The lowest BCUT2D eigenvalue weighted by atomic mass is 9.92. The summed E-state index contributed by atoms with van der Waals surface area (Å²) in [5, 5.41) is 1.66. The zero-order valence-corrected chi connectivity index (χ0v) is 18.4. The van der Waals surface area contributed by atoms with Gasteiger partial charge >= 0.3 is 0 Å². The van der Waals surface area contributed by atoms with Crippen molar-refractivity contribution in [1.82, 2.24) is 4.98 Å².